The number of hydrogen-bond donors (Lipinski definition) is 0. The van der Waals surface area contributed by atoms with Crippen LogP contribution in [0.5, 0.6) is 0 Å². The van der Waals surface area contributed by atoms with E-state index < -0.39 is 0 Å². The average Bonchev–Trinajstić information content (AvgIpc) is 3.19. The maximum Gasteiger partial charge on any atom is 0.134 e. The van der Waals surface area contributed by atoms with E-state index in [1.807, 2.05) is 6.26 Å². The quantitative estimate of drug-likeness (QED) is 0.665. The normalized spacial score (nSPS) is 20.0. The topological polar surface area (TPSA) is 21.3 Å². The highest BCUT2D eigenvalue weighted by Crippen LogP contribution is 2.37. The van der Waals surface area contributed by atoms with Gasteiger partial charge >= 0.3 is 0 Å². The number of likely N-dealkylation sites (N-methyl/N-ethyl adjacent to an activating group) is 1. The summed E-state index contributed by atoms with van der Waals surface area (Å²) in [6.45, 7) is 3.44. The van der Waals surface area contributed by atoms with Crippen molar-refractivity contribution >= 4 is 21.9 Å². The van der Waals surface area contributed by atoms with E-state index in [4.69, 9.17) is 4.42 Å². The first kappa shape index (κ1) is 14.6. The monoisotopic (exact) mass is 322 g/mol. The Morgan fingerprint density at radius 3 is 2.88 bits per heavy atom. The van der Waals surface area contributed by atoms with Gasteiger partial charge < -0.3 is 13.9 Å². The predicted octanol–water partition coefficient (Wildman–Crippen LogP) is 4.96. The van der Waals surface area contributed by atoms with Crippen LogP contribution in [0.25, 0.3) is 21.9 Å². The van der Waals surface area contributed by atoms with E-state index in [2.05, 4.69) is 34.7 Å². The van der Waals surface area contributed by atoms with E-state index in [0.29, 0.717) is 0 Å². The molecule has 0 bridgehead atoms. The van der Waals surface area contributed by atoms with Crippen molar-refractivity contribution in [3.05, 3.63) is 35.7 Å². The highest BCUT2D eigenvalue weighted by atomic mass is 16.3. The highest BCUT2D eigenvalue weighted by molar-refractivity contribution is 6.07. The van der Waals surface area contributed by atoms with Gasteiger partial charge in [0.15, 0.2) is 0 Å². The lowest BCUT2D eigenvalue weighted by molar-refractivity contribution is 0.295. The van der Waals surface area contributed by atoms with Gasteiger partial charge in [0.25, 0.3) is 0 Å². The summed E-state index contributed by atoms with van der Waals surface area (Å²) in [5.41, 5.74) is 5.58. The third-order valence-electron chi connectivity index (χ3n) is 6.20. The summed E-state index contributed by atoms with van der Waals surface area (Å²) < 4.78 is 8.35. The van der Waals surface area contributed by atoms with Gasteiger partial charge in [-0.3, -0.25) is 0 Å². The van der Waals surface area contributed by atoms with Crippen LogP contribution in [0.1, 0.15) is 43.4 Å². The molecule has 24 heavy (non-hydrogen) atoms. The van der Waals surface area contributed by atoms with Crippen LogP contribution in [-0.4, -0.2) is 23.1 Å². The number of hydrogen-bond acceptors (Lipinski definition) is 2. The highest BCUT2D eigenvalue weighted by Gasteiger charge is 2.25. The van der Waals surface area contributed by atoms with Gasteiger partial charge in [0, 0.05) is 48.0 Å². The SMILES string of the molecule is CN1CCc2c(c3c4ccoc4ccc3n2CC2CCCCC2)C1. The Morgan fingerprint density at radius 2 is 2.00 bits per heavy atom. The number of rotatable bonds is 2. The van der Waals surface area contributed by atoms with E-state index in [1.165, 1.54) is 67.9 Å². The summed E-state index contributed by atoms with van der Waals surface area (Å²) in [6, 6.07) is 6.60. The zero-order chi connectivity index (χ0) is 16.1. The first-order chi connectivity index (χ1) is 11.8. The fraction of sp³-hybridized carbons (Fsp3) is 0.524. The van der Waals surface area contributed by atoms with Gasteiger partial charge in [-0.15, -0.1) is 0 Å². The smallest absolute Gasteiger partial charge is 0.134 e. The molecule has 1 saturated carbocycles. The number of nitrogens with zero attached hydrogens (tertiary/aromatic N) is 2. The second-order valence-corrected chi connectivity index (χ2v) is 7.82. The molecule has 3 heteroatoms. The van der Waals surface area contributed by atoms with Gasteiger partial charge in [-0.2, -0.15) is 0 Å². The molecular weight excluding hydrogens is 296 g/mol. The first-order valence-corrected chi connectivity index (χ1v) is 9.50. The van der Waals surface area contributed by atoms with Crippen molar-refractivity contribution in [2.24, 2.45) is 5.92 Å². The van der Waals surface area contributed by atoms with Gasteiger partial charge in [-0.05, 0) is 49.6 Å². The Hall–Kier alpha value is -1.74. The zero-order valence-corrected chi connectivity index (χ0v) is 14.6. The van der Waals surface area contributed by atoms with Crippen molar-refractivity contribution in [3.63, 3.8) is 0 Å². The maximum atomic E-state index is 5.68. The molecule has 0 spiro atoms. The first-order valence-electron chi connectivity index (χ1n) is 9.50. The second kappa shape index (κ2) is 5.66. The molecule has 126 valence electrons. The fourth-order valence-corrected chi connectivity index (χ4v) is 4.97. The molecule has 1 aromatic carbocycles. The lowest BCUT2D eigenvalue weighted by Gasteiger charge is -2.27. The fourth-order valence-electron chi connectivity index (χ4n) is 4.97. The Bertz CT molecular complexity index is 882. The minimum atomic E-state index is 0.859. The molecule has 1 aliphatic heterocycles. The maximum absolute atomic E-state index is 5.68. The molecule has 0 N–H and O–H groups in total. The lowest BCUT2D eigenvalue weighted by atomic mass is 9.89. The van der Waals surface area contributed by atoms with Crippen LogP contribution in [-0.2, 0) is 19.5 Å². The molecular formula is C21H26N2O. The Kier molecular flexibility index (Phi) is 3.44. The van der Waals surface area contributed by atoms with Gasteiger partial charge in [0.1, 0.15) is 5.58 Å². The molecule has 3 heterocycles. The van der Waals surface area contributed by atoms with E-state index in [1.54, 1.807) is 11.3 Å². The summed E-state index contributed by atoms with van der Waals surface area (Å²) in [5.74, 6) is 0.859. The Labute approximate surface area is 143 Å². The standard InChI is InChI=1S/C21H26N2O/c1-22-11-9-18-17(14-22)21-16-10-12-24-20(16)8-7-19(21)23(18)13-15-5-3-2-4-6-15/h7-8,10,12,15H,2-6,9,11,13-14H2,1H3. The van der Waals surface area contributed by atoms with Crippen molar-refractivity contribution in [1.82, 2.24) is 9.47 Å². The third-order valence-corrected chi connectivity index (χ3v) is 6.20. The second-order valence-electron chi connectivity index (χ2n) is 7.82. The van der Waals surface area contributed by atoms with Crippen molar-refractivity contribution in [1.29, 1.82) is 0 Å². The number of benzene rings is 1. The molecule has 5 rings (SSSR count). The van der Waals surface area contributed by atoms with Crippen LogP contribution >= 0.6 is 0 Å². The van der Waals surface area contributed by atoms with Crippen molar-refractivity contribution in [2.75, 3.05) is 13.6 Å². The summed E-state index contributed by atoms with van der Waals surface area (Å²) in [6.07, 6.45) is 10.1. The third kappa shape index (κ3) is 2.21. The molecule has 2 aromatic heterocycles. The largest absolute Gasteiger partial charge is 0.464 e. The predicted molar refractivity (Wildman–Crippen MR) is 98.3 cm³/mol. The van der Waals surface area contributed by atoms with Crippen molar-refractivity contribution < 1.29 is 4.42 Å². The minimum absolute atomic E-state index is 0.859. The van der Waals surface area contributed by atoms with Crippen LogP contribution in [0.3, 0.4) is 0 Å². The molecule has 0 radical (unpaired) electrons. The molecule has 2 aliphatic rings. The lowest BCUT2D eigenvalue weighted by Crippen LogP contribution is -2.28. The van der Waals surface area contributed by atoms with Crippen LogP contribution in [0.4, 0.5) is 0 Å². The Balaban J connectivity index is 1.70. The summed E-state index contributed by atoms with van der Waals surface area (Å²) in [7, 11) is 2.24. The number of fused-ring (bicyclic) bond motifs is 5. The molecule has 0 unspecified atom stereocenters. The molecule has 0 amide bonds. The molecule has 1 aliphatic carbocycles. The molecule has 1 fully saturated rings. The number of aromatic nitrogens is 1. The van der Waals surface area contributed by atoms with Gasteiger partial charge in [-0.25, -0.2) is 0 Å². The van der Waals surface area contributed by atoms with Gasteiger partial charge in [0.2, 0.25) is 0 Å². The van der Waals surface area contributed by atoms with Crippen molar-refractivity contribution in [2.45, 2.75) is 51.6 Å². The average molecular weight is 322 g/mol. The molecule has 3 aromatic rings. The van der Waals surface area contributed by atoms with Gasteiger partial charge in [0.05, 0.1) is 6.26 Å². The summed E-state index contributed by atoms with van der Waals surface area (Å²) in [4.78, 5) is 2.45. The molecule has 0 saturated heterocycles. The molecule has 0 atom stereocenters. The molecule has 3 nitrogen and oxygen atoms in total. The zero-order valence-electron chi connectivity index (χ0n) is 14.6. The van der Waals surface area contributed by atoms with Crippen LogP contribution in [0.2, 0.25) is 0 Å². The van der Waals surface area contributed by atoms with E-state index in [9.17, 15) is 0 Å². The van der Waals surface area contributed by atoms with E-state index >= 15 is 0 Å². The van der Waals surface area contributed by atoms with Crippen LogP contribution in [0.15, 0.2) is 28.9 Å². The summed E-state index contributed by atoms with van der Waals surface area (Å²) in [5, 5.41) is 2.74. The van der Waals surface area contributed by atoms with E-state index in [-0.39, 0.29) is 0 Å². The van der Waals surface area contributed by atoms with Gasteiger partial charge in [-0.1, -0.05) is 19.3 Å². The number of furan rings is 1. The van der Waals surface area contributed by atoms with Crippen molar-refractivity contribution in [3.8, 4) is 0 Å². The van der Waals surface area contributed by atoms with E-state index in [0.717, 1.165) is 18.0 Å². The summed E-state index contributed by atoms with van der Waals surface area (Å²) >= 11 is 0. The van der Waals surface area contributed by atoms with Crippen LogP contribution < -0.4 is 0 Å². The van der Waals surface area contributed by atoms with Crippen LogP contribution in [0, 0.1) is 5.92 Å². The Morgan fingerprint density at radius 1 is 1.12 bits per heavy atom. The minimum Gasteiger partial charge on any atom is -0.464 e.